The molecule has 2 aromatic rings. The Morgan fingerprint density at radius 2 is 1.73 bits per heavy atom. The van der Waals surface area contributed by atoms with E-state index in [1.54, 1.807) is 0 Å². The monoisotopic (exact) mass is 406 g/mol. The van der Waals surface area contributed by atoms with Crippen molar-refractivity contribution in [3.05, 3.63) is 63.2 Å². The molecule has 3 rings (SSSR count). The van der Waals surface area contributed by atoms with Crippen LogP contribution in [0.15, 0.2) is 48.5 Å². The van der Waals surface area contributed by atoms with E-state index >= 15 is 0 Å². The van der Waals surface area contributed by atoms with E-state index in [9.17, 15) is 4.79 Å². The van der Waals surface area contributed by atoms with Crippen LogP contribution in [-0.4, -0.2) is 37.0 Å². The number of carbonyl (C=O) groups excluding carboxylic acids is 1. The summed E-state index contributed by atoms with van der Waals surface area (Å²) in [6.07, 6.45) is 0. The van der Waals surface area contributed by atoms with Crippen molar-refractivity contribution in [2.45, 2.75) is 6.92 Å². The molecule has 0 aliphatic carbocycles. The molecule has 114 valence electrons. The van der Waals surface area contributed by atoms with Crippen LogP contribution in [0.1, 0.15) is 15.9 Å². The van der Waals surface area contributed by atoms with E-state index in [2.05, 4.69) is 58.7 Å². The van der Waals surface area contributed by atoms with Gasteiger partial charge in [-0.2, -0.15) is 0 Å². The fraction of sp³-hybridized carbons (Fsp3) is 0.278. The number of carbonyl (C=O) groups is 1. The number of piperazine rings is 1. The lowest BCUT2D eigenvalue weighted by Crippen LogP contribution is -2.48. The molecule has 0 radical (unpaired) electrons. The van der Waals surface area contributed by atoms with Crippen molar-refractivity contribution in [1.82, 2.24) is 4.90 Å². The largest absolute Gasteiger partial charge is 0.368 e. The Morgan fingerprint density at radius 3 is 2.41 bits per heavy atom. The lowest BCUT2D eigenvalue weighted by Gasteiger charge is -2.36. The summed E-state index contributed by atoms with van der Waals surface area (Å²) in [5.41, 5.74) is 3.31. The van der Waals surface area contributed by atoms with Crippen LogP contribution in [0.5, 0.6) is 0 Å². The maximum atomic E-state index is 12.6. The van der Waals surface area contributed by atoms with Crippen LogP contribution in [0.2, 0.25) is 0 Å². The van der Waals surface area contributed by atoms with Gasteiger partial charge < -0.3 is 9.80 Å². The molecule has 0 unspecified atom stereocenters. The summed E-state index contributed by atoms with van der Waals surface area (Å²) < 4.78 is 1.10. The minimum absolute atomic E-state index is 0.141. The smallest absolute Gasteiger partial charge is 0.254 e. The summed E-state index contributed by atoms with van der Waals surface area (Å²) in [5.74, 6) is 0.141. The summed E-state index contributed by atoms with van der Waals surface area (Å²) in [5, 5.41) is 0. The average Bonchev–Trinajstić information content (AvgIpc) is 2.54. The minimum Gasteiger partial charge on any atom is -0.368 e. The third-order valence-corrected chi connectivity index (χ3v) is 4.68. The standard InChI is InChI=1S/C18H19IN2O/c1-14-4-2-7-17(12-14)20-8-10-21(11-9-20)18(22)15-5-3-6-16(19)13-15/h2-7,12-13H,8-11H2,1H3. The topological polar surface area (TPSA) is 23.6 Å². The molecule has 3 nitrogen and oxygen atoms in total. The normalized spacial score (nSPS) is 15.0. The first-order chi connectivity index (χ1) is 10.6. The molecular weight excluding hydrogens is 387 g/mol. The summed E-state index contributed by atoms with van der Waals surface area (Å²) in [6.45, 7) is 5.44. The first-order valence-electron chi connectivity index (χ1n) is 7.50. The highest BCUT2D eigenvalue weighted by Gasteiger charge is 2.22. The number of hydrogen-bond acceptors (Lipinski definition) is 2. The van der Waals surface area contributed by atoms with Crippen molar-refractivity contribution in [2.24, 2.45) is 0 Å². The number of hydrogen-bond donors (Lipinski definition) is 0. The van der Waals surface area contributed by atoms with E-state index in [4.69, 9.17) is 0 Å². The molecule has 0 aromatic heterocycles. The molecule has 0 N–H and O–H groups in total. The Bertz CT molecular complexity index is 678. The van der Waals surface area contributed by atoms with Gasteiger partial charge in [0.05, 0.1) is 0 Å². The van der Waals surface area contributed by atoms with E-state index in [1.165, 1.54) is 11.3 Å². The second kappa shape index (κ2) is 6.69. The van der Waals surface area contributed by atoms with Crippen LogP contribution in [-0.2, 0) is 0 Å². The molecule has 1 fully saturated rings. The molecule has 1 aliphatic rings. The van der Waals surface area contributed by atoms with E-state index in [0.29, 0.717) is 0 Å². The first kappa shape index (κ1) is 15.3. The molecule has 2 aromatic carbocycles. The summed E-state index contributed by atoms with van der Waals surface area (Å²) in [6, 6.07) is 16.4. The number of nitrogens with zero attached hydrogens (tertiary/aromatic N) is 2. The molecule has 22 heavy (non-hydrogen) atoms. The van der Waals surface area contributed by atoms with Gasteiger partial charge in [-0.05, 0) is 65.4 Å². The predicted octanol–water partition coefficient (Wildman–Crippen LogP) is 3.56. The predicted molar refractivity (Wildman–Crippen MR) is 98.5 cm³/mol. The van der Waals surface area contributed by atoms with Crippen molar-refractivity contribution in [3.63, 3.8) is 0 Å². The van der Waals surface area contributed by atoms with Gasteiger partial charge in [0.15, 0.2) is 0 Å². The van der Waals surface area contributed by atoms with Crippen LogP contribution >= 0.6 is 22.6 Å². The number of benzene rings is 2. The molecular formula is C18H19IN2O. The zero-order valence-electron chi connectivity index (χ0n) is 12.6. The molecule has 4 heteroatoms. The van der Waals surface area contributed by atoms with Crippen molar-refractivity contribution >= 4 is 34.2 Å². The number of aryl methyl sites for hydroxylation is 1. The van der Waals surface area contributed by atoms with Gasteiger partial charge in [0.1, 0.15) is 0 Å². The molecule has 1 aliphatic heterocycles. The molecule has 0 spiro atoms. The van der Waals surface area contributed by atoms with Crippen LogP contribution in [0.3, 0.4) is 0 Å². The van der Waals surface area contributed by atoms with Crippen molar-refractivity contribution in [3.8, 4) is 0 Å². The summed E-state index contributed by atoms with van der Waals surface area (Å²) in [7, 11) is 0. The Balaban J connectivity index is 1.65. The molecule has 0 saturated carbocycles. The van der Waals surface area contributed by atoms with Gasteiger partial charge in [0.25, 0.3) is 5.91 Å². The number of amides is 1. The number of rotatable bonds is 2. The summed E-state index contributed by atoms with van der Waals surface area (Å²) in [4.78, 5) is 16.9. The maximum absolute atomic E-state index is 12.6. The lowest BCUT2D eigenvalue weighted by molar-refractivity contribution is 0.0746. The molecule has 1 amide bonds. The van der Waals surface area contributed by atoms with Gasteiger partial charge in [-0.25, -0.2) is 0 Å². The highest BCUT2D eigenvalue weighted by molar-refractivity contribution is 14.1. The Hall–Kier alpha value is -1.56. The summed E-state index contributed by atoms with van der Waals surface area (Å²) >= 11 is 2.24. The molecule has 0 bridgehead atoms. The van der Waals surface area contributed by atoms with Gasteiger partial charge in [-0.3, -0.25) is 4.79 Å². The second-order valence-electron chi connectivity index (χ2n) is 5.63. The third-order valence-electron chi connectivity index (χ3n) is 4.01. The zero-order chi connectivity index (χ0) is 15.5. The first-order valence-corrected chi connectivity index (χ1v) is 8.58. The third kappa shape index (κ3) is 3.43. The highest BCUT2D eigenvalue weighted by Crippen LogP contribution is 2.19. The van der Waals surface area contributed by atoms with Crippen LogP contribution in [0, 0.1) is 10.5 Å². The maximum Gasteiger partial charge on any atom is 0.254 e. The van der Waals surface area contributed by atoms with Crippen LogP contribution < -0.4 is 4.90 Å². The molecule has 1 heterocycles. The fourth-order valence-corrected chi connectivity index (χ4v) is 3.34. The van der Waals surface area contributed by atoms with E-state index in [-0.39, 0.29) is 5.91 Å². The van der Waals surface area contributed by atoms with Gasteiger partial charge in [0, 0.05) is 41.0 Å². The molecule has 1 saturated heterocycles. The SMILES string of the molecule is Cc1cccc(N2CCN(C(=O)c3cccc(I)c3)CC2)c1. The highest BCUT2D eigenvalue weighted by atomic mass is 127. The van der Waals surface area contributed by atoms with Crippen molar-refractivity contribution < 1.29 is 4.79 Å². The quantitative estimate of drug-likeness (QED) is 0.713. The average molecular weight is 406 g/mol. The molecule has 0 atom stereocenters. The van der Waals surface area contributed by atoms with E-state index in [1.807, 2.05) is 29.2 Å². The van der Waals surface area contributed by atoms with Crippen LogP contribution in [0.25, 0.3) is 0 Å². The van der Waals surface area contributed by atoms with E-state index < -0.39 is 0 Å². The fourth-order valence-electron chi connectivity index (χ4n) is 2.80. The van der Waals surface area contributed by atoms with E-state index in [0.717, 1.165) is 35.3 Å². The van der Waals surface area contributed by atoms with Gasteiger partial charge >= 0.3 is 0 Å². The van der Waals surface area contributed by atoms with Gasteiger partial charge in [-0.15, -0.1) is 0 Å². The van der Waals surface area contributed by atoms with Gasteiger partial charge in [-0.1, -0.05) is 18.2 Å². The van der Waals surface area contributed by atoms with Crippen molar-refractivity contribution in [1.29, 1.82) is 0 Å². The lowest BCUT2D eigenvalue weighted by atomic mass is 10.1. The Morgan fingerprint density at radius 1 is 1.00 bits per heavy atom. The zero-order valence-corrected chi connectivity index (χ0v) is 14.8. The van der Waals surface area contributed by atoms with Crippen molar-refractivity contribution in [2.75, 3.05) is 31.1 Å². The number of anilines is 1. The Labute approximate surface area is 145 Å². The minimum atomic E-state index is 0.141. The van der Waals surface area contributed by atoms with Gasteiger partial charge in [0.2, 0.25) is 0 Å². The van der Waals surface area contributed by atoms with Crippen LogP contribution in [0.4, 0.5) is 5.69 Å². The Kier molecular flexibility index (Phi) is 4.66. The number of halogens is 1. The second-order valence-corrected chi connectivity index (χ2v) is 6.87.